The molecule has 1 unspecified atom stereocenters. The predicted molar refractivity (Wildman–Crippen MR) is 84.6 cm³/mol. The monoisotopic (exact) mass is 377 g/mol. The fraction of sp³-hybridized carbons (Fsp3) is 0.500. The van der Waals surface area contributed by atoms with Crippen LogP contribution in [0, 0.1) is 0 Å². The Morgan fingerprint density at radius 1 is 1.52 bits per heavy atom. The van der Waals surface area contributed by atoms with Gasteiger partial charge in [0.1, 0.15) is 18.5 Å². The quantitative estimate of drug-likeness (QED) is 0.347. The van der Waals surface area contributed by atoms with Gasteiger partial charge in [0, 0.05) is 6.20 Å². The molecule has 0 amide bonds. The molecule has 1 aromatic heterocycles. The molecule has 0 spiro atoms. The molecule has 0 radical (unpaired) electrons. The Balaban J connectivity index is 1.94. The van der Waals surface area contributed by atoms with Crippen molar-refractivity contribution in [1.82, 2.24) is 14.6 Å². The first kappa shape index (κ1) is 19.2. The molecular formula is C12H18N4O8P+. The van der Waals surface area contributed by atoms with Gasteiger partial charge in [-0.2, -0.15) is 14.4 Å². The zero-order valence-electron chi connectivity index (χ0n) is 12.9. The molecule has 1 aromatic rings. The van der Waals surface area contributed by atoms with Crippen LogP contribution in [-0.2, 0) is 25.4 Å². The molecule has 13 heteroatoms. The Labute approximate surface area is 141 Å². The van der Waals surface area contributed by atoms with E-state index in [-0.39, 0.29) is 25.3 Å². The number of anilines is 1. The van der Waals surface area contributed by atoms with Crippen molar-refractivity contribution in [3.05, 3.63) is 22.7 Å². The third kappa shape index (κ3) is 5.44. The number of aromatic nitrogens is 2. The fourth-order valence-corrected chi connectivity index (χ4v) is 3.82. The highest BCUT2D eigenvalue weighted by Crippen LogP contribution is 2.54. The van der Waals surface area contributed by atoms with Crippen LogP contribution in [0.4, 0.5) is 5.82 Å². The number of aliphatic carboxylic acids is 2. The number of rotatable bonds is 7. The molecule has 1 aliphatic rings. The zero-order valence-corrected chi connectivity index (χ0v) is 13.8. The van der Waals surface area contributed by atoms with Crippen molar-refractivity contribution in [2.24, 2.45) is 0 Å². The van der Waals surface area contributed by atoms with Crippen LogP contribution in [0.15, 0.2) is 17.1 Å². The van der Waals surface area contributed by atoms with Crippen molar-refractivity contribution in [1.29, 1.82) is 0 Å². The van der Waals surface area contributed by atoms with E-state index in [0.717, 1.165) is 0 Å². The largest absolute Gasteiger partial charge is 0.481 e. The third-order valence-corrected chi connectivity index (χ3v) is 5.08. The first-order chi connectivity index (χ1) is 11.7. The average molecular weight is 377 g/mol. The summed E-state index contributed by atoms with van der Waals surface area (Å²) >= 11 is 0. The van der Waals surface area contributed by atoms with E-state index in [0.29, 0.717) is 0 Å². The van der Waals surface area contributed by atoms with Gasteiger partial charge in [-0.1, -0.05) is 0 Å². The van der Waals surface area contributed by atoms with Crippen LogP contribution in [0.3, 0.4) is 0 Å². The number of nitrogens with zero attached hydrogens (tertiary/aromatic N) is 2. The molecular weight excluding hydrogens is 359 g/mol. The maximum Gasteiger partial charge on any atom is 0.371 e. The molecule has 2 rings (SSSR count). The first-order valence-corrected chi connectivity index (χ1v) is 8.95. The number of ether oxygens (including phenoxy) is 1. The molecule has 3 atom stereocenters. The van der Waals surface area contributed by atoms with E-state index < -0.39 is 44.1 Å². The number of carboxylic acids is 2. The van der Waals surface area contributed by atoms with Gasteiger partial charge in [-0.05, 0) is 6.07 Å². The van der Waals surface area contributed by atoms with Gasteiger partial charge in [0.15, 0.2) is 6.04 Å². The van der Waals surface area contributed by atoms with E-state index in [2.05, 4.69) is 10.1 Å². The third-order valence-electron chi connectivity index (χ3n) is 3.29. The summed E-state index contributed by atoms with van der Waals surface area (Å²) in [5.41, 5.74) is 4.83. The smallest absolute Gasteiger partial charge is 0.371 e. The lowest BCUT2D eigenvalue weighted by Gasteiger charge is -2.29. The van der Waals surface area contributed by atoms with Gasteiger partial charge in [-0.3, -0.25) is 14.2 Å². The molecule has 2 heterocycles. The number of nitrogens with two attached hydrogens (primary N) is 1. The molecule has 12 nitrogen and oxygen atoms in total. The Hall–Kier alpha value is -2.11. The highest BCUT2D eigenvalue weighted by atomic mass is 31.2. The van der Waals surface area contributed by atoms with Crippen LogP contribution >= 0.6 is 7.87 Å². The van der Waals surface area contributed by atoms with Gasteiger partial charge in [0.05, 0.1) is 13.0 Å². The van der Waals surface area contributed by atoms with Crippen LogP contribution in [0.2, 0.25) is 0 Å². The second kappa shape index (κ2) is 7.85. The van der Waals surface area contributed by atoms with E-state index in [1.165, 1.54) is 16.8 Å². The number of nitrogens with one attached hydrogen (secondary N) is 1. The second-order valence-electron chi connectivity index (χ2n) is 5.32. The number of hydrogen-bond acceptors (Lipinski definition) is 9. The molecule has 6 N–H and O–H groups in total. The summed E-state index contributed by atoms with van der Waals surface area (Å²) in [6.07, 6.45) is -0.210. The van der Waals surface area contributed by atoms with E-state index in [9.17, 15) is 19.3 Å². The summed E-state index contributed by atoms with van der Waals surface area (Å²) < 4.78 is 12.0. The van der Waals surface area contributed by atoms with Crippen molar-refractivity contribution in [3.8, 4) is 0 Å². The van der Waals surface area contributed by atoms with E-state index >= 15 is 0 Å². The fourth-order valence-electron chi connectivity index (χ4n) is 2.08. The van der Waals surface area contributed by atoms with Crippen molar-refractivity contribution >= 4 is 25.6 Å². The SMILES string of the molecule is Nc1ccn(C[C@@H]2CO[P+](O)(N[C@@H](CC(=O)O)C(=O)O)CO2)c(=O)n1. The lowest BCUT2D eigenvalue weighted by atomic mass is 10.2. The maximum atomic E-state index is 11.7. The van der Waals surface area contributed by atoms with E-state index in [1.54, 1.807) is 0 Å². The number of nitrogen functional groups attached to an aromatic ring is 1. The predicted octanol–water partition coefficient (Wildman–Crippen LogP) is -1.53. The Kier molecular flexibility index (Phi) is 6.03. The molecule has 0 aliphatic carbocycles. The van der Waals surface area contributed by atoms with E-state index in [4.69, 9.17) is 25.2 Å². The minimum absolute atomic E-state index is 0.0877. The Morgan fingerprint density at radius 3 is 2.76 bits per heavy atom. The summed E-state index contributed by atoms with van der Waals surface area (Å²) in [6, 6.07) is -0.0702. The summed E-state index contributed by atoms with van der Waals surface area (Å²) in [7, 11) is -3.43. The average Bonchev–Trinajstić information content (AvgIpc) is 2.51. The normalized spacial score (nSPS) is 24.6. The second-order valence-corrected chi connectivity index (χ2v) is 7.50. The van der Waals surface area contributed by atoms with Gasteiger partial charge in [0.2, 0.25) is 6.35 Å². The maximum absolute atomic E-state index is 11.7. The summed E-state index contributed by atoms with van der Waals surface area (Å²) in [5.74, 6) is -2.68. The van der Waals surface area contributed by atoms with Gasteiger partial charge in [0.25, 0.3) is 0 Å². The zero-order chi connectivity index (χ0) is 18.6. The van der Waals surface area contributed by atoms with Crippen LogP contribution < -0.4 is 16.5 Å². The Morgan fingerprint density at radius 2 is 2.24 bits per heavy atom. The number of carboxylic acid groups (broad SMARTS) is 2. The Bertz CT molecular complexity index is 703. The van der Waals surface area contributed by atoms with Crippen molar-refractivity contribution < 1.29 is 34.0 Å². The molecule has 25 heavy (non-hydrogen) atoms. The van der Waals surface area contributed by atoms with Crippen LogP contribution in [-0.4, -0.2) is 61.7 Å². The van der Waals surface area contributed by atoms with Gasteiger partial charge < -0.3 is 20.7 Å². The standard InChI is InChI=1S/C12H17N4O8P/c13-9-1-2-16(12(21)14-9)4-7-5-24-25(22,6-23-7)15-8(11(19)20)3-10(17)18/h1-2,7-8,15,22H,3-6H2,(H3-,13,14,17,18,19,20,21)/p+1/t7-,8+,25?/m1/s1. The lowest BCUT2D eigenvalue weighted by molar-refractivity contribution is -0.145. The summed E-state index contributed by atoms with van der Waals surface area (Å²) in [5, 5.41) is 20.0. The first-order valence-electron chi connectivity index (χ1n) is 7.11. The van der Waals surface area contributed by atoms with E-state index in [1.807, 2.05) is 0 Å². The van der Waals surface area contributed by atoms with Crippen LogP contribution in [0.5, 0.6) is 0 Å². The molecule has 138 valence electrons. The molecule has 1 aliphatic heterocycles. The van der Waals surface area contributed by atoms with Gasteiger partial charge in [-0.15, -0.1) is 5.09 Å². The minimum Gasteiger partial charge on any atom is -0.481 e. The van der Waals surface area contributed by atoms with Gasteiger partial charge in [-0.25, -0.2) is 4.79 Å². The lowest BCUT2D eigenvalue weighted by Crippen LogP contribution is -2.44. The highest BCUT2D eigenvalue weighted by molar-refractivity contribution is 7.63. The molecule has 1 fully saturated rings. The van der Waals surface area contributed by atoms with Crippen molar-refractivity contribution in [2.45, 2.75) is 25.1 Å². The highest BCUT2D eigenvalue weighted by Gasteiger charge is 2.48. The molecule has 0 saturated carbocycles. The summed E-state index contributed by atoms with van der Waals surface area (Å²) in [4.78, 5) is 47.2. The van der Waals surface area contributed by atoms with Crippen LogP contribution in [0.25, 0.3) is 0 Å². The number of carbonyl (C=O) groups is 2. The van der Waals surface area contributed by atoms with Crippen molar-refractivity contribution in [3.63, 3.8) is 0 Å². The van der Waals surface area contributed by atoms with Crippen LogP contribution in [0.1, 0.15) is 6.42 Å². The topological polar surface area (TPSA) is 186 Å². The molecule has 1 saturated heterocycles. The minimum atomic E-state index is -3.43. The molecule has 0 bridgehead atoms. The summed E-state index contributed by atoms with van der Waals surface area (Å²) in [6.45, 7) is -0.0168. The van der Waals surface area contributed by atoms with Crippen molar-refractivity contribution in [2.75, 3.05) is 18.7 Å². The molecule has 0 aromatic carbocycles. The number of hydrogen-bond donors (Lipinski definition) is 5. The van der Waals surface area contributed by atoms with Gasteiger partial charge >= 0.3 is 25.5 Å².